The number of allylic oxidation sites excluding steroid dienone is 1. The van der Waals surface area contributed by atoms with Crippen molar-refractivity contribution < 1.29 is 13.9 Å². The average molecular weight is 454 g/mol. The van der Waals surface area contributed by atoms with Crippen LogP contribution in [0.5, 0.6) is 0 Å². The lowest BCUT2D eigenvalue weighted by Gasteiger charge is -2.12. The van der Waals surface area contributed by atoms with E-state index in [0.717, 1.165) is 36.8 Å². The highest BCUT2D eigenvalue weighted by Gasteiger charge is 2.26. The molecule has 0 bridgehead atoms. The maximum absolute atomic E-state index is 13.2. The molecule has 5 nitrogen and oxygen atoms in total. The van der Waals surface area contributed by atoms with Gasteiger partial charge in [-0.15, -0.1) is 22.7 Å². The van der Waals surface area contributed by atoms with Gasteiger partial charge in [-0.2, -0.15) is 5.26 Å². The molecule has 0 atom stereocenters. The predicted molar refractivity (Wildman–Crippen MR) is 122 cm³/mol. The third-order valence-corrected chi connectivity index (χ3v) is 7.09. The number of hydrogen-bond acceptors (Lipinski definition) is 7. The molecule has 1 aliphatic rings. The second-order valence-electron chi connectivity index (χ2n) is 6.99. The Morgan fingerprint density at radius 1 is 1.32 bits per heavy atom. The normalized spacial score (nSPS) is 13.4. The van der Waals surface area contributed by atoms with Crippen molar-refractivity contribution in [3.8, 4) is 17.3 Å². The molecule has 0 amide bonds. The van der Waals surface area contributed by atoms with E-state index >= 15 is 0 Å². The van der Waals surface area contributed by atoms with Crippen molar-refractivity contribution in [2.24, 2.45) is 0 Å². The van der Waals surface area contributed by atoms with E-state index in [1.54, 1.807) is 36.6 Å². The molecule has 0 saturated carbocycles. The number of ether oxygens (including phenoxy) is 1. The van der Waals surface area contributed by atoms with E-state index in [2.05, 4.69) is 16.4 Å². The first-order valence-corrected chi connectivity index (χ1v) is 11.7. The predicted octanol–water partition coefficient (Wildman–Crippen LogP) is 6.04. The molecule has 0 fully saturated rings. The van der Waals surface area contributed by atoms with Crippen LogP contribution in [0.2, 0.25) is 0 Å². The molecule has 3 aromatic rings. The minimum atomic E-state index is -0.329. The van der Waals surface area contributed by atoms with Crippen LogP contribution in [0.3, 0.4) is 0 Å². The smallest absolute Gasteiger partial charge is 0.341 e. The van der Waals surface area contributed by atoms with Crippen LogP contribution < -0.4 is 5.32 Å². The zero-order valence-electron chi connectivity index (χ0n) is 16.9. The van der Waals surface area contributed by atoms with Crippen molar-refractivity contribution >= 4 is 39.2 Å². The van der Waals surface area contributed by atoms with Crippen molar-refractivity contribution in [3.63, 3.8) is 0 Å². The fourth-order valence-corrected chi connectivity index (χ4v) is 5.56. The molecule has 31 heavy (non-hydrogen) atoms. The minimum absolute atomic E-state index is 0.308. The number of halogens is 1. The molecule has 158 valence electrons. The van der Waals surface area contributed by atoms with Crippen molar-refractivity contribution in [2.45, 2.75) is 32.6 Å². The third-order valence-electron chi connectivity index (χ3n) is 4.99. The Hall–Kier alpha value is -3.02. The highest BCUT2D eigenvalue weighted by Crippen LogP contribution is 2.39. The van der Waals surface area contributed by atoms with Crippen molar-refractivity contribution in [2.75, 3.05) is 11.9 Å². The molecule has 2 aromatic heterocycles. The van der Waals surface area contributed by atoms with Crippen LogP contribution in [-0.4, -0.2) is 17.6 Å². The molecule has 1 aliphatic carbocycles. The number of anilines is 1. The van der Waals surface area contributed by atoms with E-state index in [-0.39, 0.29) is 11.8 Å². The molecule has 2 heterocycles. The minimum Gasteiger partial charge on any atom is -0.462 e. The Morgan fingerprint density at radius 2 is 2.10 bits per heavy atom. The van der Waals surface area contributed by atoms with Crippen LogP contribution in [0.4, 0.5) is 9.39 Å². The lowest BCUT2D eigenvalue weighted by atomic mass is 9.95. The van der Waals surface area contributed by atoms with E-state index in [4.69, 9.17) is 4.74 Å². The number of nitrogens with one attached hydrogen (secondary N) is 1. The maximum Gasteiger partial charge on any atom is 0.341 e. The van der Waals surface area contributed by atoms with Gasteiger partial charge in [-0.1, -0.05) is 0 Å². The zero-order valence-corrected chi connectivity index (χ0v) is 18.5. The van der Waals surface area contributed by atoms with Crippen molar-refractivity contribution in [3.05, 3.63) is 62.7 Å². The summed E-state index contributed by atoms with van der Waals surface area (Å²) in [5.41, 5.74) is 3.47. The SMILES string of the molecule is CCOC(=O)c1c(N/C=C(/C#N)c2nc(-c3ccc(F)cc3)cs2)sc2c1CCCC2. The van der Waals surface area contributed by atoms with Gasteiger partial charge in [0.1, 0.15) is 27.5 Å². The fourth-order valence-electron chi connectivity index (χ4n) is 3.52. The molecule has 1 N–H and O–H groups in total. The van der Waals surface area contributed by atoms with Crippen LogP contribution in [0, 0.1) is 17.1 Å². The number of fused-ring (bicyclic) bond motifs is 1. The van der Waals surface area contributed by atoms with Crippen LogP contribution in [0.15, 0.2) is 35.8 Å². The lowest BCUT2D eigenvalue weighted by molar-refractivity contribution is 0.0526. The molecule has 0 spiro atoms. The van der Waals surface area contributed by atoms with Gasteiger partial charge in [0.15, 0.2) is 0 Å². The maximum atomic E-state index is 13.2. The van der Waals surface area contributed by atoms with E-state index in [9.17, 15) is 14.4 Å². The summed E-state index contributed by atoms with van der Waals surface area (Å²) in [6, 6.07) is 8.25. The number of carbonyl (C=O) groups is 1. The first kappa shape index (κ1) is 21.2. The molecule has 1 aromatic carbocycles. The number of aromatic nitrogens is 1. The Labute approximate surface area is 187 Å². The summed E-state index contributed by atoms with van der Waals surface area (Å²) in [5.74, 6) is -0.638. The summed E-state index contributed by atoms with van der Waals surface area (Å²) in [4.78, 5) is 18.3. The third kappa shape index (κ3) is 4.53. The summed E-state index contributed by atoms with van der Waals surface area (Å²) in [5, 5.41) is 15.9. The molecular formula is C23H20FN3O2S2. The number of esters is 1. The number of thiazole rings is 1. The van der Waals surface area contributed by atoms with E-state index in [0.29, 0.717) is 33.4 Å². The van der Waals surface area contributed by atoms with Gasteiger partial charge in [-0.05, 0) is 62.4 Å². The monoisotopic (exact) mass is 453 g/mol. The number of carbonyl (C=O) groups excluding carboxylic acids is 1. The van der Waals surface area contributed by atoms with Crippen LogP contribution in [-0.2, 0) is 17.6 Å². The number of benzene rings is 1. The Bertz CT molecular complexity index is 1170. The van der Waals surface area contributed by atoms with Crippen LogP contribution in [0.25, 0.3) is 16.8 Å². The standard InChI is InChI=1S/C23H20FN3O2S2/c1-2-29-23(28)20-17-5-3-4-6-19(17)31-22(20)26-12-15(11-25)21-27-18(13-30-21)14-7-9-16(24)10-8-14/h7-10,12-13,26H,2-6H2,1H3/b15-12-. The Balaban J connectivity index is 1.62. The molecule has 0 unspecified atom stereocenters. The summed E-state index contributed by atoms with van der Waals surface area (Å²) < 4.78 is 18.4. The van der Waals surface area contributed by atoms with Gasteiger partial charge in [0.25, 0.3) is 0 Å². The highest BCUT2D eigenvalue weighted by atomic mass is 32.1. The van der Waals surface area contributed by atoms with Gasteiger partial charge in [0, 0.05) is 22.0 Å². The molecule has 8 heteroatoms. The first-order chi connectivity index (χ1) is 15.1. The van der Waals surface area contributed by atoms with Gasteiger partial charge in [0.2, 0.25) is 0 Å². The number of rotatable bonds is 6. The molecular weight excluding hydrogens is 433 g/mol. The van der Waals surface area contributed by atoms with Gasteiger partial charge in [-0.25, -0.2) is 14.2 Å². The topological polar surface area (TPSA) is 75.0 Å². The molecule has 0 aliphatic heterocycles. The number of nitriles is 1. The number of nitrogens with zero attached hydrogens (tertiary/aromatic N) is 2. The van der Waals surface area contributed by atoms with Gasteiger partial charge in [-0.3, -0.25) is 0 Å². The highest BCUT2D eigenvalue weighted by molar-refractivity contribution is 7.16. The summed E-state index contributed by atoms with van der Waals surface area (Å²) >= 11 is 2.89. The van der Waals surface area contributed by atoms with Gasteiger partial charge >= 0.3 is 5.97 Å². The van der Waals surface area contributed by atoms with E-state index in [1.165, 1.54) is 28.3 Å². The Morgan fingerprint density at radius 3 is 2.84 bits per heavy atom. The summed E-state index contributed by atoms with van der Waals surface area (Å²) in [6.07, 6.45) is 5.58. The number of aryl methyl sites for hydroxylation is 1. The average Bonchev–Trinajstić information content (AvgIpc) is 3.40. The molecule has 0 radical (unpaired) electrons. The zero-order chi connectivity index (χ0) is 21.8. The molecule has 4 rings (SSSR count). The first-order valence-electron chi connectivity index (χ1n) is 10.0. The Kier molecular flexibility index (Phi) is 6.44. The van der Waals surface area contributed by atoms with Crippen molar-refractivity contribution in [1.82, 2.24) is 4.98 Å². The van der Waals surface area contributed by atoms with E-state index in [1.807, 2.05) is 5.38 Å². The lowest BCUT2D eigenvalue weighted by Crippen LogP contribution is -2.10. The summed E-state index contributed by atoms with van der Waals surface area (Å²) in [6.45, 7) is 2.10. The molecule has 0 saturated heterocycles. The fraction of sp³-hybridized carbons (Fsp3) is 0.261. The van der Waals surface area contributed by atoms with E-state index < -0.39 is 0 Å². The van der Waals surface area contributed by atoms with Gasteiger partial charge in [0.05, 0.1) is 17.9 Å². The quantitative estimate of drug-likeness (QED) is 0.364. The largest absolute Gasteiger partial charge is 0.462 e. The van der Waals surface area contributed by atoms with Crippen LogP contribution >= 0.6 is 22.7 Å². The number of thiophene rings is 1. The second kappa shape index (κ2) is 9.41. The van der Waals surface area contributed by atoms with Gasteiger partial charge < -0.3 is 10.1 Å². The van der Waals surface area contributed by atoms with Crippen LogP contribution in [0.1, 0.15) is 45.6 Å². The summed E-state index contributed by atoms with van der Waals surface area (Å²) in [7, 11) is 0. The van der Waals surface area contributed by atoms with Crippen molar-refractivity contribution in [1.29, 1.82) is 5.26 Å². The number of hydrogen-bond donors (Lipinski definition) is 1. The second-order valence-corrected chi connectivity index (χ2v) is 8.96.